The first-order valence-corrected chi connectivity index (χ1v) is 11.1. The molecule has 1 heterocycles. The van der Waals surface area contributed by atoms with Crippen LogP contribution in [-0.2, 0) is 9.59 Å². The number of nitrogens with zero attached hydrogens (tertiary/aromatic N) is 1. The predicted molar refractivity (Wildman–Crippen MR) is 128 cm³/mol. The highest BCUT2D eigenvalue weighted by molar-refractivity contribution is 6.10. The molecule has 4 rings (SSSR count). The number of carbonyl (C=O) groups excluding carboxylic acids is 2. The van der Waals surface area contributed by atoms with Gasteiger partial charge in [0.1, 0.15) is 29.0 Å². The number of furan rings is 1. The largest absolute Gasteiger partial charge is 0.497 e. The number of hydrogen-bond acceptors (Lipinski definition) is 7. The van der Waals surface area contributed by atoms with Crippen LogP contribution in [0.25, 0.3) is 6.08 Å². The zero-order valence-corrected chi connectivity index (χ0v) is 19.3. The number of carbonyl (C=O) groups is 2. The van der Waals surface area contributed by atoms with Crippen molar-refractivity contribution in [1.82, 2.24) is 0 Å². The molecule has 8 nitrogen and oxygen atoms in total. The second-order valence-corrected chi connectivity index (χ2v) is 8.35. The van der Waals surface area contributed by atoms with E-state index in [9.17, 15) is 19.7 Å². The maximum absolute atomic E-state index is 13.4. The number of allylic oxidation sites excluding steroid dienone is 1. The first-order valence-electron chi connectivity index (χ1n) is 11.1. The van der Waals surface area contributed by atoms with Gasteiger partial charge in [0.15, 0.2) is 5.78 Å². The molecule has 0 saturated heterocycles. The number of hydrogen-bond donors (Lipinski definition) is 0. The quantitative estimate of drug-likeness (QED) is 0.201. The van der Waals surface area contributed by atoms with Crippen LogP contribution in [0.3, 0.4) is 0 Å². The average molecular weight is 475 g/mol. The lowest BCUT2D eigenvalue weighted by Gasteiger charge is -2.35. The van der Waals surface area contributed by atoms with Gasteiger partial charge in [-0.05, 0) is 53.6 Å². The van der Waals surface area contributed by atoms with Crippen molar-refractivity contribution in [2.75, 3.05) is 14.2 Å². The van der Waals surface area contributed by atoms with Crippen molar-refractivity contribution >= 4 is 17.6 Å². The van der Waals surface area contributed by atoms with E-state index in [1.54, 1.807) is 73.8 Å². The van der Waals surface area contributed by atoms with Gasteiger partial charge in [0.05, 0.1) is 32.3 Å². The fourth-order valence-electron chi connectivity index (χ4n) is 4.70. The molecule has 0 N–H and O–H groups in total. The van der Waals surface area contributed by atoms with Crippen LogP contribution in [0.4, 0.5) is 0 Å². The standard InChI is InChI=1S/C27H25NO7/c1-33-19-10-5-17(6-11-19)7-14-22(29)25-23(30)16-21(18-8-12-20(34-2)13-9-18)27(28(31)32)26(25)24-4-3-15-35-24/h3-15,21,25-27H,16H2,1-2H3. The highest BCUT2D eigenvalue weighted by Gasteiger charge is 2.55. The van der Waals surface area contributed by atoms with Crippen LogP contribution >= 0.6 is 0 Å². The van der Waals surface area contributed by atoms with Crippen molar-refractivity contribution in [3.05, 3.63) is 100 Å². The molecular formula is C27H25NO7. The molecule has 0 aliphatic heterocycles. The number of ether oxygens (including phenoxy) is 2. The molecule has 35 heavy (non-hydrogen) atoms. The zero-order chi connectivity index (χ0) is 24.9. The van der Waals surface area contributed by atoms with E-state index < -0.39 is 34.5 Å². The van der Waals surface area contributed by atoms with E-state index in [1.165, 1.54) is 19.4 Å². The summed E-state index contributed by atoms with van der Waals surface area (Å²) in [5.74, 6) is -2.30. The van der Waals surface area contributed by atoms with Crippen molar-refractivity contribution < 1.29 is 28.4 Å². The molecule has 1 fully saturated rings. The van der Waals surface area contributed by atoms with Gasteiger partial charge in [-0.25, -0.2) is 0 Å². The fraction of sp³-hybridized carbons (Fsp3) is 0.259. The van der Waals surface area contributed by atoms with Gasteiger partial charge < -0.3 is 13.9 Å². The molecule has 1 aliphatic carbocycles. The van der Waals surface area contributed by atoms with Gasteiger partial charge in [-0.2, -0.15) is 0 Å². The van der Waals surface area contributed by atoms with Crippen LogP contribution in [0.2, 0.25) is 0 Å². The van der Waals surface area contributed by atoms with Crippen LogP contribution in [0, 0.1) is 16.0 Å². The molecule has 3 aromatic rings. The third kappa shape index (κ3) is 5.01. The Labute approximate surface area is 202 Å². The van der Waals surface area contributed by atoms with Crippen molar-refractivity contribution in [3.8, 4) is 11.5 Å². The Balaban J connectivity index is 1.70. The van der Waals surface area contributed by atoms with E-state index >= 15 is 0 Å². The molecule has 1 saturated carbocycles. The third-order valence-electron chi connectivity index (χ3n) is 6.43. The minimum Gasteiger partial charge on any atom is -0.497 e. The number of benzene rings is 2. The van der Waals surface area contributed by atoms with Crippen LogP contribution in [0.5, 0.6) is 11.5 Å². The van der Waals surface area contributed by atoms with Crippen molar-refractivity contribution in [2.45, 2.75) is 24.3 Å². The normalized spacial score (nSPS) is 22.2. The molecule has 4 atom stereocenters. The summed E-state index contributed by atoms with van der Waals surface area (Å²) in [6.45, 7) is 0. The molecule has 180 valence electrons. The summed E-state index contributed by atoms with van der Waals surface area (Å²) in [7, 11) is 3.09. The van der Waals surface area contributed by atoms with Crippen molar-refractivity contribution in [1.29, 1.82) is 0 Å². The van der Waals surface area contributed by atoms with Gasteiger partial charge in [-0.3, -0.25) is 19.7 Å². The predicted octanol–water partition coefficient (Wildman–Crippen LogP) is 4.68. The summed E-state index contributed by atoms with van der Waals surface area (Å²) >= 11 is 0. The Morgan fingerprint density at radius 2 is 1.66 bits per heavy atom. The molecule has 0 bridgehead atoms. The topological polar surface area (TPSA) is 109 Å². The van der Waals surface area contributed by atoms with Gasteiger partial charge in [0.2, 0.25) is 6.04 Å². The number of methoxy groups -OCH3 is 2. The molecule has 1 aliphatic rings. The SMILES string of the molecule is COc1ccc(C=CC(=O)C2C(=O)CC(c3ccc(OC)cc3)C([N+](=O)[O-])C2c2ccco2)cc1. The first-order chi connectivity index (χ1) is 16.9. The summed E-state index contributed by atoms with van der Waals surface area (Å²) in [5.41, 5.74) is 1.37. The zero-order valence-electron chi connectivity index (χ0n) is 19.3. The van der Waals surface area contributed by atoms with Crippen LogP contribution < -0.4 is 9.47 Å². The number of nitro groups is 1. The lowest BCUT2D eigenvalue weighted by molar-refractivity contribution is -0.533. The molecule has 1 aromatic heterocycles. The number of ketones is 2. The highest BCUT2D eigenvalue weighted by atomic mass is 16.6. The van der Waals surface area contributed by atoms with Crippen molar-refractivity contribution in [3.63, 3.8) is 0 Å². The van der Waals surface area contributed by atoms with Crippen molar-refractivity contribution in [2.24, 2.45) is 5.92 Å². The van der Waals surface area contributed by atoms with Crippen LogP contribution in [-0.4, -0.2) is 36.8 Å². The smallest absolute Gasteiger partial charge is 0.231 e. The summed E-state index contributed by atoms with van der Waals surface area (Å²) in [4.78, 5) is 38.6. The summed E-state index contributed by atoms with van der Waals surface area (Å²) in [5, 5.41) is 12.4. The van der Waals surface area contributed by atoms with Crippen LogP contribution in [0.1, 0.15) is 35.1 Å². The monoisotopic (exact) mass is 475 g/mol. The Bertz CT molecular complexity index is 1210. The second-order valence-electron chi connectivity index (χ2n) is 8.35. The molecule has 0 amide bonds. The Morgan fingerprint density at radius 3 is 2.20 bits per heavy atom. The molecule has 4 unspecified atom stereocenters. The maximum atomic E-state index is 13.4. The Morgan fingerprint density at radius 1 is 1.03 bits per heavy atom. The average Bonchev–Trinajstić information content (AvgIpc) is 3.41. The van der Waals surface area contributed by atoms with Gasteiger partial charge in [0, 0.05) is 11.3 Å². The summed E-state index contributed by atoms with van der Waals surface area (Å²) in [6, 6.07) is 15.9. The van der Waals surface area contributed by atoms with E-state index in [4.69, 9.17) is 13.9 Å². The number of Topliss-reactive ketones (excluding diaryl/α,β-unsaturated/α-hetero) is 1. The summed E-state index contributed by atoms with van der Waals surface area (Å²) < 4.78 is 15.8. The molecule has 0 radical (unpaired) electrons. The Kier molecular flexibility index (Phi) is 7.10. The van der Waals surface area contributed by atoms with E-state index in [0.29, 0.717) is 17.1 Å². The summed E-state index contributed by atoms with van der Waals surface area (Å²) in [6.07, 6.45) is 4.17. The lowest BCUT2D eigenvalue weighted by Crippen LogP contribution is -2.48. The highest BCUT2D eigenvalue weighted by Crippen LogP contribution is 2.45. The van der Waals surface area contributed by atoms with Gasteiger partial charge in [-0.1, -0.05) is 30.3 Å². The molecular weight excluding hydrogens is 450 g/mol. The number of rotatable bonds is 8. The molecule has 2 aromatic carbocycles. The van der Waals surface area contributed by atoms with E-state index in [0.717, 1.165) is 5.56 Å². The maximum Gasteiger partial charge on any atom is 0.231 e. The molecule has 8 heteroatoms. The van der Waals surface area contributed by atoms with Crippen LogP contribution in [0.15, 0.2) is 77.4 Å². The van der Waals surface area contributed by atoms with E-state index in [-0.39, 0.29) is 18.0 Å². The molecule has 0 spiro atoms. The van der Waals surface area contributed by atoms with Gasteiger partial charge in [-0.15, -0.1) is 0 Å². The lowest BCUT2D eigenvalue weighted by atomic mass is 9.65. The Hall–Kier alpha value is -4.20. The minimum absolute atomic E-state index is 0.123. The third-order valence-corrected chi connectivity index (χ3v) is 6.43. The van der Waals surface area contributed by atoms with E-state index in [2.05, 4.69) is 0 Å². The van der Waals surface area contributed by atoms with E-state index in [1.807, 2.05) is 0 Å². The first kappa shape index (κ1) is 23.9. The fourth-order valence-corrected chi connectivity index (χ4v) is 4.70. The minimum atomic E-state index is -1.23. The second kappa shape index (κ2) is 10.4. The van der Waals surface area contributed by atoms with Gasteiger partial charge >= 0.3 is 0 Å². The van der Waals surface area contributed by atoms with Gasteiger partial charge in [0.25, 0.3) is 0 Å².